The van der Waals surface area contributed by atoms with Crippen LogP contribution < -0.4 is 0 Å². The molecule has 0 aliphatic heterocycles. The molecule has 76 valence electrons. The molecule has 0 amide bonds. The lowest BCUT2D eigenvalue weighted by Crippen LogP contribution is -2.31. The molecule has 0 bridgehead atoms. The lowest BCUT2D eigenvalue weighted by molar-refractivity contribution is 0.0570. The van der Waals surface area contributed by atoms with E-state index < -0.39 is 6.17 Å². The van der Waals surface area contributed by atoms with Crippen molar-refractivity contribution in [3.05, 3.63) is 0 Å². The van der Waals surface area contributed by atoms with E-state index in [1.165, 1.54) is 12.8 Å². The van der Waals surface area contributed by atoms with Gasteiger partial charge in [0.25, 0.3) is 0 Å². The molecule has 0 aromatic heterocycles. The number of rotatable bonds is 1. The Morgan fingerprint density at radius 3 is 2.77 bits per heavy atom. The van der Waals surface area contributed by atoms with E-state index in [0.717, 1.165) is 25.7 Å². The zero-order chi connectivity index (χ0) is 9.31. The van der Waals surface area contributed by atoms with E-state index in [-0.39, 0.29) is 12.0 Å². The Morgan fingerprint density at radius 1 is 1.23 bits per heavy atom. The maximum atomic E-state index is 13.4. The first-order valence-electron chi connectivity index (χ1n) is 5.52. The predicted octanol–water partition coefficient (Wildman–Crippen LogP) is 2.68. The van der Waals surface area contributed by atoms with Crippen molar-refractivity contribution in [3.8, 4) is 0 Å². The first-order valence-corrected chi connectivity index (χ1v) is 5.52. The van der Waals surface area contributed by atoms with Crippen molar-refractivity contribution >= 4 is 0 Å². The van der Waals surface area contributed by atoms with Crippen LogP contribution in [0.5, 0.6) is 0 Å². The van der Waals surface area contributed by atoms with Gasteiger partial charge in [-0.1, -0.05) is 12.8 Å². The Morgan fingerprint density at radius 2 is 2.00 bits per heavy atom. The molecule has 2 aliphatic rings. The van der Waals surface area contributed by atoms with Crippen LogP contribution in [0.15, 0.2) is 0 Å². The fourth-order valence-electron chi connectivity index (χ4n) is 3.33. The molecule has 1 nitrogen and oxygen atoms in total. The Bertz CT molecular complexity index is 183. The standard InChI is InChI=1S/C11H19FO/c12-10-5-1-3-9-4-2-6-11(9,7-10)8-13/h9-10,13H,1-8H2/t9?,10-,11-/m0/s1. The molecule has 1 N–H and O–H groups in total. The van der Waals surface area contributed by atoms with Crippen molar-refractivity contribution in [2.45, 2.75) is 51.1 Å². The van der Waals surface area contributed by atoms with Gasteiger partial charge in [-0.25, -0.2) is 4.39 Å². The molecule has 3 atom stereocenters. The molecule has 1 unspecified atom stereocenters. The monoisotopic (exact) mass is 186 g/mol. The van der Waals surface area contributed by atoms with Gasteiger partial charge < -0.3 is 5.11 Å². The van der Waals surface area contributed by atoms with Crippen LogP contribution in [0.2, 0.25) is 0 Å². The number of hydrogen-bond donors (Lipinski definition) is 1. The second-order valence-corrected chi connectivity index (χ2v) is 4.84. The summed E-state index contributed by atoms with van der Waals surface area (Å²) in [7, 11) is 0. The minimum absolute atomic E-state index is 0.0318. The van der Waals surface area contributed by atoms with Crippen LogP contribution >= 0.6 is 0 Å². The Balaban J connectivity index is 2.14. The average molecular weight is 186 g/mol. The van der Waals surface area contributed by atoms with E-state index in [4.69, 9.17) is 0 Å². The number of aliphatic hydroxyl groups excluding tert-OH is 1. The first-order chi connectivity index (χ1) is 6.27. The van der Waals surface area contributed by atoms with Crippen LogP contribution in [0.4, 0.5) is 4.39 Å². The van der Waals surface area contributed by atoms with Gasteiger partial charge in [0, 0.05) is 6.61 Å². The summed E-state index contributed by atoms with van der Waals surface area (Å²) < 4.78 is 13.4. The third-order valence-electron chi connectivity index (χ3n) is 4.11. The first kappa shape index (κ1) is 9.45. The summed E-state index contributed by atoms with van der Waals surface area (Å²) in [6.45, 7) is 0.206. The third kappa shape index (κ3) is 1.61. The molecule has 2 aliphatic carbocycles. The lowest BCUT2D eigenvalue weighted by atomic mass is 9.75. The zero-order valence-corrected chi connectivity index (χ0v) is 8.14. The maximum Gasteiger partial charge on any atom is 0.101 e. The van der Waals surface area contributed by atoms with Gasteiger partial charge in [0.05, 0.1) is 0 Å². The Kier molecular flexibility index (Phi) is 2.59. The minimum Gasteiger partial charge on any atom is -0.396 e. The summed E-state index contributed by atoms with van der Waals surface area (Å²) in [6, 6.07) is 0. The van der Waals surface area contributed by atoms with Gasteiger partial charge in [0.1, 0.15) is 6.17 Å². The Labute approximate surface area is 79.3 Å². The van der Waals surface area contributed by atoms with E-state index >= 15 is 0 Å². The predicted molar refractivity (Wildman–Crippen MR) is 50.2 cm³/mol. The van der Waals surface area contributed by atoms with Crippen LogP contribution in [0.1, 0.15) is 44.9 Å². The summed E-state index contributed by atoms with van der Waals surface area (Å²) in [5.74, 6) is 0.609. The molecule has 0 radical (unpaired) electrons. The van der Waals surface area contributed by atoms with E-state index in [0.29, 0.717) is 12.3 Å². The van der Waals surface area contributed by atoms with Crippen LogP contribution in [-0.2, 0) is 0 Å². The highest BCUT2D eigenvalue weighted by molar-refractivity contribution is 4.94. The van der Waals surface area contributed by atoms with Gasteiger partial charge in [-0.15, -0.1) is 0 Å². The maximum absolute atomic E-state index is 13.4. The van der Waals surface area contributed by atoms with Gasteiger partial charge in [-0.3, -0.25) is 0 Å². The minimum atomic E-state index is -0.657. The van der Waals surface area contributed by atoms with Crippen LogP contribution in [-0.4, -0.2) is 17.9 Å². The van der Waals surface area contributed by atoms with Crippen molar-refractivity contribution in [3.63, 3.8) is 0 Å². The van der Waals surface area contributed by atoms with Crippen molar-refractivity contribution in [1.29, 1.82) is 0 Å². The molecular formula is C11H19FO. The highest BCUT2D eigenvalue weighted by Crippen LogP contribution is 2.51. The van der Waals surface area contributed by atoms with Gasteiger partial charge in [0.2, 0.25) is 0 Å². The highest BCUT2D eigenvalue weighted by atomic mass is 19.1. The largest absolute Gasteiger partial charge is 0.396 e. The summed E-state index contributed by atoms with van der Waals surface area (Å²) >= 11 is 0. The van der Waals surface area contributed by atoms with E-state index in [9.17, 15) is 9.50 Å². The molecule has 2 fully saturated rings. The van der Waals surface area contributed by atoms with Gasteiger partial charge in [-0.2, -0.15) is 0 Å². The second-order valence-electron chi connectivity index (χ2n) is 4.84. The van der Waals surface area contributed by atoms with Gasteiger partial charge >= 0.3 is 0 Å². The SMILES string of the molecule is OC[C@@]12CCCC1CCC[C@H](F)C2. The van der Waals surface area contributed by atoms with E-state index in [1.807, 2.05) is 0 Å². The number of hydrogen-bond acceptors (Lipinski definition) is 1. The fraction of sp³-hybridized carbons (Fsp3) is 1.00. The summed E-state index contributed by atoms with van der Waals surface area (Å²) in [4.78, 5) is 0. The Hall–Kier alpha value is -0.110. The molecule has 0 aromatic carbocycles. The molecule has 0 spiro atoms. The molecule has 2 rings (SSSR count). The number of alkyl halides is 1. The quantitative estimate of drug-likeness (QED) is 0.667. The smallest absolute Gasteiger partial charge is 0.101 e. The highest BCUT2D eigenvalue weighted by Gasteiger charge is 2.44. The van der Waals surface area contributed by atoms with Crippen LogP contribution in [0.25, 0.3) is 0 Å². The van der Waals surface area contributed by atoms with E-state index in [2.05, 4.69) is 0 Å². The van der Waals surface area contributed by atoms with Gasteiger partial charge in [0.15, 0.2) is 0 Å². The molecule has 2 heteroatoms. The molecule has 0 heterocycles. The molecular weight excluding hydrogens is 167 g/mol. The zero-order valence-electron chi connectivity index (χ0n) is 8.14. The van der Waals surface area contributed by atoms with Crippen molar-refractivity contribution in [2.75, 3.05) is 6.61 Å². The number of fused-ring (bicyclic) bond motifs is 1. The van der Waals surface area contributed by atoms with Crippen LogP contribution in [0, 0.1) is 11.3 Å². The number of halogens is 1. The third-order valence-corrected chi connectivity index (χ3v) is 4.11. The average Bonchev–Trinajstić information content (AvgIpc) is 2.43. The summed E-state index contributed by atoms with van der Waals surface area (Å²) in [6.07, 6.45) is 6.30. The van der Waals surface area contributed by atoms with Crippen LogP contribution in [0.3, 0.4) is 0 Å². The van der Waals surface area contributed by atoms with Gasteiger partial charge in [-0.05, 0) is 43.4 Å². The lowest BCUT2D eigenvalue weighted by Gasteiger charge is -2.32. The topological polar surface area (TPSA) is 20.2 Å². The normalized spacial score (nSPS) is 45.7. The van der Waals surface area contributed by atoms with Crippen molar-refractivity contribution < 1.29 is 9.50 Å². The number of aliphatic hydroxyl groups is 1. The van der Waals surface area contributed by atoms with Crippen molar-refractivity contribution in [1.82, 2.24) is 0 Å². The molecule has 0 saturated heterocycles. The molecule has 2 saturated carbocycles. The molecule has 0 aromatic rings. The summed E-state index contributed by atoms with van der Waals surface area (Å²) in [5, 5.41) is 9.43. The van der Waals surface area contributed by atoms with E-state index in [1.54, 1.807) is 0 Å². The fourth-order valence-corrected chi connectivity index (χ4v) is 3.33. The second kappa shape index (κ2) is 3.56. The summed E-state index contributed by atoms with van der Waals surface area (Å²) in [5.41, 5.74) is -0.0318. The molecule has 13 heavy (non-hydrogen) atoms. The van der Waals surface area contributed by atoms with Crippen molar-refractivity contribution in [2.24, 2.45) is 11.3 Å².